The second-order valence-corrected chi connectivity index (χ2v) is 6.38. The number of carbonyl (C=O) groups is 1. The highest BCUT2D eigenvalue weighted by Crippen LogP contribution is 2.21. The number of anilines is 1. The Morgan fingerprint density at radius 1 is 1.19 bits per heavy atom. The maximum Gasteiger partial charge on any atom is 0.270 e. The molecule has 0 fully saturated rings. The molecular formula is C19H13FN4O2S. The van der Waals surface area contributed by atoms with Gasteiger partial charge in [-0.3, -0.25) is 9.59 Å². The fourth-order valence-electron chi connectivity index (χ4n) is 2.29. The van der Waals surface area contributed by atoms with Gasteiger partial charge < -0.3 is 10.3 Å². The van der Waals surface area contributed by atoms with E-state index >= 15 is 0 Å². The molecular weight excluding hydrogens is 367 g/mol. The van der Waals surface area contributed by atoms with Gasteiger partial charge in [-0.15, -0.1) is 0 Å². The molecule has 3 aromatic rings. The first-order chi connectivity index (χ1) is 13.1. The van der Waals surface area contributed by atoms with Crippen LogP contribution in [0.15, 0.2) is 64.5 Å². The number of nitrogens with one attached hydrogen (secondary N) is 2. The van der Waals surface area contributed by atoms with Crippen LogP contribution in [0.3, 0.4) is 0 Å². The lowest BCUT2D eigenvalue weighted by Crippen LogP contribution is -2.17. The molecule has 0 aliphatic rings. The van der Waals surface area contributed by atoms with Gasteiger partial charge in [0.25, 0.3) is 5.56 Å². The van der Waals surface area contributed by atoms with E-state index in [1.807, 2.05) is 12.1 Å². The van der Waals surface area contributed by atoms with Crippen molar-refractivity contribution in [3.63, 3.8) is 0 Å². The van der Waals surface area contributed by atoms with E-state index in [1.165, 1.54) is 24.3 Å². The van der Waals surface area contributed by atoms with E-state index in [1.54, 1.807) is 24.3 Å². The molecule has 2 aromatic carbocycles. The Morgan fingerprint density at radius 2 is 1.89 bits per heavy atom. The van der Waals surface area contributed by atoms with Crippen molar-refractivity contribution in [1.29, 1.82) is 5.26 Å². The third-order valence-corrected chi connectivity index (χ3v) is 4.40. The van der Waals surface area contributed by atoms with Gasteiger partial charge in [0.1, 0.15) is 17.4 Å². The molecule has 27 heavy (non-hydrogen) atoms. The fourth-order valence-corrected chi connectivity index (χ4v) is 2.95. The van der Waals surface area contributed by atoms with Crippen LogP contribution in [-0.4, -0.2) is 21.6 Å². The Balaban J connectivity index is 1.76. The van der Waals surface area contributed by atoms with Gasteiger partial charge >= 0.3 is 0 Å². The van der Waals surface area contributed by atoms with Crippen LogP contribution in [0.5, 0.6) is 0 Å². The Hall–Kier alpha value is -3.44. The topological polar surface area (TPSA) is 98.6 Å². The van der Waals surface area contributed by atoms with Crippen molar-refractivity contribution in [3.8, 4) is 17.3 Å². The first-order valence-corrected chi connectivity index (χ1v) is 8.83. The first-order valence-electron chi connectivity index (χ1n) is 7.85. The van der Waals surface area contributed by atoms with E-state index < -0.39 is 11.4 Å². The van der Waals surface area contributed by atoms with Crippen LogP contribution in [0.4, 0.5) is 10.1 Å². The zero-order valence-electron chi connectivity index (χ0n) is 13.9. The maximum absolute atomic E-state index is 12.9. The van der Waals surface area contributed by atoms with E-state index in [4.69, 9.17) is 0 Å². The number of hydrogen-bond acceptors (Lipinski definition) is 5. The molecule has 1 aromatic heterocycles. The molecule has 8 heteroatoms. The number of aromatic amines is 1. The number of halogens is 1. The average molecular weight is 380 g/mol. The van der Waals surface area contributed by atoms with Crippen LogP contribution in [-0.2, 0) is 4.79 Å². The van der Waals surface area contributed by atoms with E-state index in [2.05, 4.69) is 15.3 Å². The standard InChI is InChI=1S/C19H13FN4O2S/c20-13-6-8-14(9-7-13)22-16(25)11-27-19-23-17(12-4-2-1-3-5-12)15(10-21)18(26)24-19/h1-9H,11H2,(H,22,25)(H,23,24,26). The molecule has 134 valence electrons. The number of carbonyl (C=O) groups excluding carboxylic acids is 1. The minimum Gasteiger partial charge on any atom is -0.325 e. The predicted octanol–water partition coefficient (Wildman–Crippen LogP) is 3.18. The Kier molecular flexibility index (Phi) is 5.64. The number of rotatable bonds is 5. The van der Waals surface area contributed by atoms with Gasteiger partial charge in [-0.2, -0.15) is 5.26 Å². The lowest BCUT2D eigenvalue weighted by molar-refractivity contribution is -0.113. The van der Waals surface area contributed by atoms with Crippen molar-refractivity contribution in [2.45, 2.75) is 5.16 Å². The summed E-state index contributed by atoms with van der Waals surface area (Å²) in [6.45, 7) is 0. The molecule has 0 bridgehead atoms. The molecule has 0 unspecified atom stereocenters. The van der Waals surface area contributed by atoms with Gasteiger partial charge in [0.15, 0.2) is 5.16 Å². The maximum atomic E-state index is 12.9. The Morgan fingerprint density at radius 3 is 2.56 bits per heavy atom. The molecule has 0 spiro atoms. The number of nitrogens with zero attached hydrogens (tertiary/aromatic N) is 2. The summed E-state index contributed by atoms with van der Waals surface area (Å²) in [5, 5.41) is 12.1. The van der Waals surface area contributed by atoms with Gasteiger partial charge in [0.2, 0.25) is 5.91 Å². The minimum atomic E-state index is -0.562. The third-order valence-electron chi connectivity index (χ3n) is 3.52. The number of nitriles is 1. The molecule has 0 radical (unpaired) electrons. The average Bonchev–Trinajstić information content (AvgIpc) is 2.68. The lowest BCUT2D eigenvalue weighted by Gasteiger charge is -2.07. The molecule has 0 atom stereocenters. The first kappa shape index (κ1) is 18.4. The summed E-state index contributed by atoms with van der Waals surface area (Å²) < 4.78 is 12.9. The number of H-pyrrole nitrogens is 1. The summed E-state index contributed by atoms with van der Waals surface area (Å²) in [4.78, 5) is 31.0. The van der Waals surface area contributed by atoms with Crippen molar-refractivity contribution in [2.75, 3.05) is 11.1 Å². The predicted molar refractivity (Wildman–Crippen MR) is 101 cm³/mol. The Bertz CT molecular complexity index is 1060. The number of aromatic nitrogens is 2. The van der Waals surface area contributed by atoms with E-state index in [0.29, 0.717) is 11.3 Å². The van der Waals surface area contributed by atoms with Gasteiger partial charge in [0, 0.05) is 11.3 Å². The van der Waals surface area contributed by atoms with Crippen molar-refractivity contribution in [3.05, 3.63) is 76.3 Å². The molecule has 0 aliphatic carbocycles. The number of amides is 1. The summed E-state index contributed by atoms with van der Waals surface area (Å²) >= 11 is 1.03. The highest BCUT2D eigenvalue weighted by molar-refractivity contribution is 7.99. The summed E-state index contributed by atoms with van der Waals surface area (Å²) in [6.07, 6.45) is 0. The highest BCUT2D eigenvalue weighted by atomic mass is 32.2. The molecule has 1 heterocycles. The van der Waals surface area contributed by atoms with Gasteiger partial charge in [0.05, 0.1) is 11.4 Å². The minimum absolute atomic E-state index is 0.0134. The third kappa shape index (κ3) is 4.59. The fraction of sp³-hybridized carbons (Fsp3) is 0.0526. The van der Waals surface area contributed by atoms with Crippen molar-refractivity contribution in [1.82, 2.24) is 9.97 Å². The molecule has 0 saturated heterocycles. The summed E-state index contributed by atoms with van der Waals surface area (Å²) in [6, 6.07) is 16.1. The second kappa shape index (κ2) is 8.29. The summed E-state index contributed by atoms with van der Waals surface area (Å²) in [5.41, 5.74) is 0.725. The number of hydrogen-bond donors (Lipinski definition) is 2. The zero-order valence-corrected chi connectivity index (χ0v) is 14.7. The summed E-state index contributed by atoms with van der Waals surface area (Å²) in [7, 11) is 0. The SMILES string of the molecule is N#Cc1c(-c2ccccc2)nc(SCC(=O)Nc2ccc(F)cc2)[nH]c1=O. The van der Waals surface area contributed by atoms with Crippen LogP contribution >= 0.6 is 11.8 Å². The summed E-state index contributed by atoms with van der Waals surface area (Å²) in [5.74, 6) is -0.740. The van der Waals surface area contributed by atoms with Crippen LogP contribution < -0.4 is 10.9 Å². The molecule has 3 rings (SSSR count). The quantitative estimate of drug-likeness (QED) is 0.523. The van der Waals surface area contributed by atoms with Crippen LogP contribution in [0.1, 0.15) is 5.56 Å². The molecule has 0 aliphatic heterocycles. The normalized spacial score (nSPS) is 10.2. The lowest BCUT2D eigenvalue weighted by atomic mass is 10.1. The zero-order chi connectivity index (χ0) is 19.2. The molecule has 2 N–H and O–H groups in total. The van der Waals surface area contributed by atoms with E-state index in [9.17, 15) is 19.2 Å². The number of benzene rings is 2. The van der Waals surface area contributed by atoms with Crippen molar-refractivity contribution >= 4 is 23.4 Å². The smallest absolute Gasteiger partial charge is 0.270 e. The van der Waals surface area contributed by atoms with Crippen molar-refractivity contribution < 1.29 is 9.18 Å². The second-order valence-electron chi connectivity index (χ2n) is 5.42. The van der Waals surface area contributed by atoms with Gasteiger partial charge in [-0.05, 0) is 24.3 Å². The monoisotopic (exact) mass is 380 g/mol. The van der Waals surface area contributed by atoms with Crippen molar-refractivity contribution in [2.24, 2.45) is 0 Å². The van der Waals surface area contributed by atoms with Crippen LogP contribution in [0.2, 0.25) is 0 Å². The van der Waals surface area contributed by atoms with Gasteiger partial charge in [-0.1, -0.05) is 42.1 Å². The number of thioether (sulfide) groups is 1. The van der Waals surface area contributed by atoms with Crippen LogP contribution in [0.25, 0.3) is 11.3 Å². The molecule has 1 amide bonds. The van der Waals surface area contributed by atoms with Gasteiger partial charge in [-0.25, -0.2) is 9.37 Å². The van der Waals surface area contributed by atoms with E-state index in [-0.39, 0.29) is 28.1 Å². The Labute approximate surface area is 158 Å². The molecule has 0 saturated carbocycles. The van der Waals surface area contributed by atoms with E-state index in [0.717, 1.165) is 11.8 Å². The van der Waals surface area contributed by atoms with Crippen LogP contribution in [0, 0.1) is 17.1 Å². The highest BCUT2D eigenvalue weighted by Gasteiger charge is 2.14. The molecule has 6 nitrogen and oxygen atoms in total. The largest absolute Gasteiger partial charge is 0.325 e.